The van der Waals surface area contributed by atoms with Crippen LogP contribution in [0.15, 0.2) is 27.6 Å². The molecular weight excluding hydrogens is 340 g/mol. The van der Waals surface area contributed by atoms with E-state index in [1.807, 2.05) is 16.8 Å². The van der Waals surface area contributed by atoms with Crippen molar-refractivity contribution in [3.8, 4) is 0 Å². The highest BCUT2D eigenvalue weighted by atomic mass is 79.9. The molecule has 0 aliphatic rings. The number of hydrogen-bond donors (Lipinski definition) is 3. The first-order chi connectivity index (χ1) is 9.72. The highest BCUT2D eigenvalue weighted by Gasteiger charge is 2.11. The lowest BCUT2D eigenvalue weighted by Gasteiger charge is -2.14. The van der Waals surface area contributed by atoms with Gasteiger partial charge in [-0.05, 0) is 44.7 Å². The zero-order valence-corrected chi connectivity index (χ0v) is 13.5. The van der Waals surface area contributed by atoms with E-state index in [9.17, 15) is 5.11 Å². The molecule has 0 radical (unpaired) electrons. The number of hydrogen-bond acceptors (Lipinski definition) is 6. The third-order valence-electron chi connectivity index (χ3n) is 2.72. The van der Waals surface area contributed by atoms with Crippen molar-refractivity contribution < 1.29 is 5.11 Å². The van der Waals surface area contributed by atoms with Crippen molar-refractivity contribution in [2.24, 2.45) is 0 Å². The average molecular weight is 357 g/mol. The molecule has 0 aliphatic carbocycles. The maximum Gasteiger partial charge on any atom is 0.146 e. The van der Waals surface area contributed by atoms with Crippen LogP contribution in [0.5, 0.6) is 0 Å². The maximum absolute atomic E-state index is 10.0. The van der Waals surface area contributed by atoms with Gasteiger partial charge in [-0.1, -0.05) is 6.92 Å². The van der Waals surface area contributed by atoms with E-state index in [1.165, 1.54) is 6.33 Å². The Labute approximate surface area is 130 Å². The second-order valence-electron chi connectivity index (χ2n) is 4.27. The first kappa shape index (κ1) is 15.2. The molecule has 7 heteroatoms. The van der Waals surface area contributed by atoms with Gasteiger partial charge in [-0.15, -0.1) is 0 Å². The number of thiophene rings is 1. The summed E-state index contributed by atoms with van der Waals surface area (Å²) in [7, 11) is 0. The van der Waals surface area contributed by atoms with Crippen LogP contribution in [0, 0.1) is 0 Å². The molecular formula is C13H17BrN4OS. The molecule has 2 heterocycles. The Balaban J connectivity index is 1.99. The van der Waals surface area contributed by atoms with Crippen molar-refractivity contribution >= 4 is 38.9 Å². The molecule has 1 atom stereocenters. The SMILES string of the molecule is CCCNc1ncnc(NCC(O)c2ccsc2)c1Br. The number of aromatic nitrogens is 2. The molecule has 2 aromatic heterocycles. The number of aliphatic hydroxyl groups excluding tert-OH is 1. The summed E-state index contributed by atoms with van der Waals surface area (Å²) in [5.41, 5.74) is 0.914. The van der Waals surface area contributed by atoms with Gasteiger partial charge in [0.05, 0.1) is 6.10 Å². The lowest BCUT2D eigenvalue weighted by atomic mass is 10.2. The molecule has 20 heavy (non-hydrogen) atoms. The monoisotopic (exact) mass is 356 g/mol. The molecule has 0 saturated heterocycles. The van der Waals surface area contributed by atoms with Crippen LogP contribution >= 0.6 is 27.3 Å². The van der Waals surface area contributed by atoms with Gasteiger partial charge in [0.15, 0.2) is 0 Å². The van der Waals surface area contributed by atoms with Gasteiger partial charge in [0.2, 0.25) is 0 Å². The topological polar surface area (TPSA) is 70.1 Å². The van der Waals surface area contributed by atoms with E-state index < -0.39 is 6.10 Å². The van der Waals surface area contributed by atoms with Gasteiger partial charge in [0.1, 0.15) is 22.4 Å². The number of halogens is 1. The Hall–Kier alpha value is -1.18. The van der Waals surface area contributed by atoms with Crippen LogP contribution in [0.25, 0.3) is 0 Å². The Morgan fingerprint density at radius 2 is 2.10 bits per heavy atom. The van der Waals surface area contributed by atoms with Crippen molar-refractivity contribution in [2.45, 2.75) is 19.4 Å². The summed E-state index contributed by atoms with van der Waals surface area (Å²) in [6.45, 7) is 3.35. The standard InChI is InChI=1S/C13H17BrN4OS/c1-2-4-15-12-11(14)13(18-8-17-12)16-6-10(19)9-3-5-20-7-9/h3,5,7-8,10,19H,2,4,6H2,1H3,(H2,15,16,17,18). The van der Waals surface area contributed by atoms with E-state index in [0.717, 1.165) is 28.8 Å². The van der Waals surface area contributed by atoms with Crippen LogP contribution in [-0.4, -0.2) is 28.2 Å². The molecule has 0 bridgehead atoms. The van der Waals surface area contributed by atoms with Crippen LogP contribution in [0.3, 0.4) is 0 Å². The largest absolute Gasteiger partial charge is 0.387 e. The van der Waals surface area contributed by atoms with Gasteiger partial charge < -0.3 is 15.7 Å². The summed E-state index contributed by atoms with van der Waals surface area (Å²) >= 11 is 5.05. The van der Waals surface area contributed by atoms with Crippen LogP contribution in [-0.2, 0) is 0 Å². The Kier molecular flexibility index (Phi) is 5.75. The minimum atomic E-state index is -0.546. The van der Waals surface area contributed by atoms with Gasteiger partial charge in [0, 0.05) is 13.1 Å². The molecule has 2 aromatic rings. The summed E-state index contributed by atoms with van der Waals surface area (Å²) in [5.74, 6) is 1.43. The van der Waals surface area contributed by atoms with Gasteiger partial charge in [-0.3, -0.25) is 0 Å². The molecule has 108 valence electrons. The molecule has 1 unspecified atom stereocenters. The number of nitrogens with zero attached hydrogens (tertiary/aromatic N) is 2. The number of aliphatic hydroxyl groups is 1. The highest BCUT2D eigenvalue weighted by Crippen LogP contribution is 2.27. The van der Waals surface area contributed by atoms with E-state index in [-0.39, 0.29) is 0 Å². The van der Waals surface area contributed by atoms with Crippen molar-refractivity contribution in [1.82, 2.24) is 9.97 Å². The summed E-state index contributed by atoms with van der Waals surface area (Å²) in [4.78, 5) is 8.37. The van der Waals surface area contributed by atoms with Crippen molar-refractivity contribution in [3.63, 3.8) is 0 Å². The van der Waals surface area contributed by atoms with Gasteiger partial charge in [-0.25, -0.2) is 9.97 Å². The summed E-state index contributed by atoms with van der Waals surface area (Å²) in [5, 5.41) is 20.3. The third kappa shape index (κ3) is 3.91. The maximum atomic E-state index is 10.0. The lowest BCUT2D eigenvalue weighted by molar-refractivity contribution is 0.192. The summed E-state index contributed by atoms with van der Waals surface area (Å²) in [6, 6.07) is 1.92. The van der Waals surface area contributed by atoms with Gasteiger partial charge in [-0.2, -0.15) is 11.3 Å². The van der Waals surface area contributed by atoms with E-state index in [1.54, 1.807) is 11.3 Å². The zero-order chi connectivity index (χ0) is 14.4. The Bertz CT molecular complexity index is 535. The quantitative estimate of drug-likeness (QED) is 0.710. The van der Waals surface area contributed by atoms with Gasteiger partial charge >= 0.3 is 0 Å². The number of rotatable bonds is 7. The van der Waals surface area contributed by atoms with Crippen LogP contribution in [0.1, 0.15) is 25.0 Å². The van der Waals surface area contributed by atoms with Crippen molar-refractivity contribution in [2.75, 3.05) is 23.7 Å². The number of nitrogens with one attached hydrogen (secondary N) is 2. The summed E-state index contributed by atoms with van der Waals surface area (Å²) in [6.07, 6.45) is 1.98. The molecule has 0 aliphatic heterocycles. The highest BCUT2D eigenvalue weighted by molar-refractivity contribution is 9.10. The van der Waals surface area contributed by atoms with Crippen LogP contribution in [0.4, 0.5) is 11.6 Å². The average Bonchev–Trinajstić information content (AvgIpc) is 2.99. The molecule has 5 nitrogen and oxygen atoms in total. The smallest absolute Gasteiger partial charge is 0.146 e. The fourth-order valence-electron chi connectivity index (χ4n) is 1.64. The fourth-order valence-corrected chi connectivity index (χ4v) is 2.83. The first-order valence-electron chi connectivity index (χ1n) is 6.40. The Morgan fingerprint density at radius 3 is 2.75 bits per heavy atom. The van der Waals surface area contributed by atoms with E-state index in [0.29, 0.717) is 12.4 Å². The minimum absolute atomic E-state index is 0.402. The lowest BCUT2D eigenvalue weighted by Crippen LogP contribution is -2.14. The Morgan fingerprint density at radius 1 is 1.35 bits per heavy atom. The molecule has 0 amide bonds. The molecule has 0 spiro atoms. The third-order valence-corrected chi connectivity index (χ3v) is 4.18. The zero-order valence-electron chi connectivity index (χ0n) is 11.1. The van der Waals surface area contributed by atoms with E-state index in [4.69, 9.17) is 0 Å². The second kappa shape index (κ2) is 7.56. The normalized spacial score (nSPS) is 12.2. The van der Waals surface area contributed by atoms with Crippen molar-refractivity contribution in [3.05, 3.63) is 33.2 Å². The minimum Gasteiger partial charge on any atom is -0.387 e. The van der Waals surface area contributed by atoms with Crippen LogP contribution in [0.2, 0.25) is 0 Å². The van der Waals surface area contributed by atoms with E-state index in [2.05, 4.69) is 43.5 Å². The predicted octanol–water partition coefficient (Wildman–Crippen LogP) is 3.27. The molecule has 0 saturated carbocycles. The van der Waals surface area contributed by atoms with Crippen LogP contribution < -0.4 is 10.6 Å². The first-order valence-corrected chi connectivity index (χ1v) is 8.14. The second-order valence-corrected chi connectivity index (χ2v) is 5.84. The van der Waals surface area contributed by atoms with Crippen molar-refractivity contribution in [1.29, 1.82) is 0 Å². The molecule has 0 fully saturated rings. The summed E-state index contributed by atoms with van der Waals surface area (Å²) < 4.78 is 0.783. The molecule has 2 rings (SSSR count). The van der Waals surface area contributed by atoms with E-state index >= 15 is 0 Å². The van der Waals surface area contributed by atoms with Gasteiger partial charge in [0.25, 0.3) is 0 Å². The molecule has 3 N–H and O–H groups in total. The molecule has 0 aromatic carbocycles. The predicted molar refractivity (Wildman–Crippen MR) is 86.3 cm³/mol. The fraction of sp³-hybridized carbons (Fsp3) is 0.385. The number of anilines is 2.